The van der Waals surface area contributed by atoms with E-state index in [-0.39, 0.29) is 25.0 Å². The van der Waals surface area contributed by atoms with Gasteiger partial charge in [-0.1, -0.05) is 6.92 Å². The summed E-state index contributed by atoms with van der Waals surface area (Å²) in [5.41, 5.74) is 5.60. The molecule has 84 valence electrons. The van der Waals surface area contributed by atoms with Crippen LogP contribution in [0.4, 0.5) is 0 Å². The lowest BCUT2D eigenvalue weighted by Crippen LogP contribution is -2.47. The maximum atomic E-state index is 11.7. The molecule has 1 saturated carbocycles. The third-order valence-electron chi connectivity index (χ3n) is 3.56. The summed E-state index contributed by atoms with van der Waals surface area (Å²) in [7, 11) is -3.14. The fraction of sp³-hybridized carbons (Fsp3) is 1.00. The SMILES string of the molecule is C[C@@H]1C[C@@H](CO)C[C@]1(CN)S(C)(=O)=O. The van der Waals surface area contributed by atoms with E-state index in [0.29, 0.717) is 6.42 Å². The standard InChI is InChI=1S/C9H19NO3S/c1-7-3-8(5-11)4-9(7,6-10)14(2,12)13/h7-8,11H,3-6,10H2,1-2H3/t7-,8-,9-/m1/s1. The molecule has 5 heteroatoms. The summed E-state index contributed by atoms with van der Waals surface area (Å²) in [5, 5.41) is 9.04. The highest BCUT2D eigenvalue weighted by molar-refractivity contribution is 7.92. The van der Waals surface area contributed by atoms with Crippen LogP contribution in [-0.4, -0.2) is 37.7 Å². The van der Waals surface area contributed by atoms with Crippen molar-refractivity contribution in [1.82, 2.24) is 0 Å². The third-order valence-corrected chi connectivity index (χ3v) is 5.77. The Bertz CT molecular complexity index is 301. The van der Waals surface area contributed by atoms with Crippen LogP contribution in [0.1, 0.15) is 19.8 Å². The predicted molar refractivity (Wildman–Crippen MR) is 55.6 cm³/mol. The van der Waals surface area contributed by atoms with Gasteiger partial charge in [0.25, 0.3) is 0 Å². The maximum absolute atomic E-state index is 11.7. The van der Waals surface area contributed by atoms with E-state index in [9.17, 15) is 8.42 Å². The zero-order valence-corrected chi connectivity index (χ0v) is 9.55. The monoisotopic (exact) mass is 221 g/mol. The van der Waals surface area contributed by atoms with E-state index >= 15 is 0 Å². The van der Waals surface area contributed by atoms with Crippen molar-refractivity contribution < 1.29 is 13.5 Å². The number of aliphatic hydroxyl groups is 1. The zero-order valence-electron chi connectivity index (χ0n) is 8.73. The van der Waals surface area contributed by atoms with Crippen molar-refractivity contribution in [3.05, 3.63) is 0 Å². The molecular formula is C9H19NO3S. The van der Waals surface area contributed by atoms with E-state index in [1.807, 2.05) is 6.92 Å². The molecule has 0 radical (unpaired) electrons. The highest BCUT2D eigenvalue weighted by Crippen LogP contribution is 2.43. The molecule has 4 nitrogen and oxygen atoms in total. The van der Waals surface area contributed by atoms with E-state index in [1.54, 1.807) is 0 Å². The molecule has 0 aromatic carbocycles. The molecule has 0 bridgehead atoms. The lowest BCUT2D eigenvalue weighted by atomic mass is 9.97. The Morgan fingerprint density at radius 2 is 2.14 bits per heavy atom. The fourth-order valence-electron chi connectivity index (χ4n) is 2.58. The molecule has 0 aromatic heterocycles. The Hall–Kier alpha value is -0.130. The van der Waals surface area contributed by atoms with Gasteiger partial charge in [0.2, 0.25) is 0 Å². The molecule has 0 aromatic rings. The molecule has 0 amide bonds. The van der Waals surface area contributed by atoms with Crippen molar-refractivity contribution in [2.24, 2.45) is 17.6 Å². The summed E-state index contributed by atoms with van der Waals surface area (Å²) in [6.07, 6.45) is 2.50. The molecule has 0 saturated heterocycles. The topological polar surface area (TPSA) is 80.4 Å². The van der Waals surface area contributed by atoms with Crippen molar-refractivity contribution in [2.45, 2.75) is 24.5 Å². The van der Waals surface area contributed by atoms with Crippen molar-refractivity contribution in [1.29, 1.82) is 0 Å². The van der Waals surface area contributed by atoms with Crippen molar-refractivity contribution in [3.8, 4) is 0 Å². The van der Waals surface area contributed by atoms with Crippen LogP contribution in [0.2, 0.25) is 0 Å². The van der Waals surface area contributed by atoms with E-state index < -0.39 is 14.6 Å². The summed E-state index contributed by atoms with van der Waals surface area (Å²) in [6.45, 7) is 2.12. The predicted octanol–water partition coefficient (Wildman–Crippen LogP) is -0.233. The number of hydrogen-bond donors (Lipinski definition) is 2. The molecule has 14 heavy (non-hydrogen) atoms. The largest absolute Gasteiger partial charge is 0.396 e. The van der Waals surface area contributed by atoms with Gasteiger partial charge >= 0.3 is 0 Å². The first-order valence-corrected chi connectivity index (χ1v) is 6.77. The van der Waals surface area contributed by atoms with Gasteiger partial charge in [-0.25, -0.2) is 8.42 Å². The summed E-state index contributed by atoms with van der Waals surface area (Å²) in [4.78, 5) is 0. The van der Waals surface area contributed by atoms with Gasteiger partial charge < -0.3 is 10.8 Å². The number of rotatable bonds is 3. The van der Waals surface area contributed by atoms with Crippen molar-refractivity contribution in [2.75, 3.05) is 19.4 Å². The van der Waals surface area contributed by atoms with E-state index in [2.05, 4.69) is 0 Å². The summed E-state index contributed by atoms with van der Waals surface area (Å²) >= 11 is 0. The van der Waals surface area contributed by atoms with Crippen molar-refractivity contribution in [3.63, 3.8) is 0 Å². The minimum atomic E-state index is -3.14. The first kappa shape index (κ1) is 11.9. The summed E-state index contributed by atoms with van der Waals surface area (Å²) in [6, 6.07) is 0. The molecule has 1 fully saturated rings. The second kappa shape index (κ2) is 3.79. The molecule has 0 heterocycles. The Morgan fingerprint density at radius 3 is 2.36 bits per heavy atom. The molecular weight excluding hydrogens is 202 g/mol. The normalized spacial score (nSPS) is 38.9. The Morgan fingerprint density at radius 1 is 1.57 bits per heavy atom. The average molecular weight is 221 g/mol. The Labute approximate surface area is 85.4 Å². The highest BCUT2D eigenvalue weighted by Gasteiger charge is 2.50. The fourth-order valence-corrected chi connectivity index (χ4v) is 4.25. The zero-order chi connectivity index (χ0) is 11.0. The van der Waals surface area contributed by atoms with E-state index in [0.717, 1.165) is 6.42 Å². The molecule has 0 spiro atoms. The van der Waals surface area contributed by atoms with Gasteiger partial charge in [0, 0.05) is 19.4 Å². The molecule has 0 aliphatic heterocycles. The van der Waals surface area contributed by atoms with Crippen LogP contribution in [0.15, 0.2) is 0 Å². The van der Waals surface area contributed by atoms with Gasteiger partial charge in [-0.3, -0.25) is 0 Å². The third kappa shape index (κ3) is 1.68. The second-order valence-electron chi connectivity index (χ2n) is 4.43. The van der Waals surface area contributed by atoms with Crippen LogP contribution in [0.5, 0.6) is 0 Å². The minimum Gasteiger partial charge on any atom is -0.396 e. The maximum Gasteiger partial charge on any atom is 0.154 e. The smallest absolute Gasteiger partial charge is 0.154 e. The van der Waals surface area contributed by atoms with Crippen LogP contribution in [0, 0.1) is 11.8 Å². The van der Waals surface area contributed by atoms with Gasteiger partial charge in [0.1, 0.15) is 0 Å². The van der Waals surface area contributed by atoms with Crippen molar-refractivity contribution >= 4 is 9.84 Å². The minimum absolute atomic E-state index is 0.0413. The quantitative estimate of drug-likeness (QED) is 0.689. The molecule has 1 aliphatic carbocycles. The van der Waals surface area contributed by atoms with E-state index in [4.69, 9.17) is 10.8 Å². The van der Waals surface area contributed by atoms with Gasteiger partial charge in [0.15, 0.2) is 9.84 Å². The van der Waals surface area contributed by atoms with E-state index in [1.165, 1.54) is 6.26 Å². The average Bonchev–Trinajstić information content (AvgIpc) is 2.42. The molecule has 1 rings (SSSR count). The number of nitrogens with two attached hydrogens (primary N) is 1. The van der Waals surface area contributed by atoms with Crippen LogP contribution in [0.3, 0.4) is 0 Å². The number of aliphatic hydroxyl groups excluding tert-OH is 1. The number of hydrogen-bond acceptors (Lipinski definition) is 4. The highest BCUT2D eigenvalue weighted by atomic mass is 32.2. The molecule has 3 atom stereocenters. The molecule has 1 aliphatic rings. The lowest BCUT2D eigenvalue weighted by molar-refractivity contribution is 0.226. The van der Waals surface area contributed by atoms with Crippen LogP contribution < -0.4 is 5.73 Å². The second-order valence-corrected chi connectivity index (χ2v) is 6.79. The Kier molecular flexibility index (Phi) is 3.23. The van der Waals surface area contributed by atoms with Crippen LogP contribution in [0.25, 0.3) is 0 Å². The summed E-state index contributed by atoms with van der Waals surface area (Å²) < 4.78 is 22.6. The van der Waals surface area contributed by atoms with Crippen LogP contribution in [-0.2, 0) is 9.84 Å². The van der Waals surface area contributed by atoms with Gasteiger partial charge in [-0.05, 0) is 24.7 Å². The van der Waals surface area contributed by atoms with Gasteiger partial charge in [-0.15, -0.1) is 0 Å². The first-order valence-electron chi connectivity index (χ1n) is 4.88. The lowest BCUT2D eigenvalue weighted by Gasteiger charge is -2.30. The first-order chi connectivity index (χ1) is 6.37. The Balaban J connectivity index is 3.03. The molecule has 0 unspecified atom stereocenters. The van der Waals surface area contributed by atoms with Gasteiger partial charge in [0.05, 0.1) is 4.75 Å². The number of sulfone groups is 1. The molecule has 3 N–H and O–H groups in total. The van der Waals surface area contributed by atoms with Crippen LogP contribution >= 0.6 is 0 Å². The summed E-state index contributed by atoms with van der Waals surface area (Å²) in [5.74, 6) is 0.128. The van der Waals surface area contributed by atoms with Gasteiger partial charge in [-0.2, -0.15) is 0 Å².